The van der Waals surface area contributed by atoms with Crippen LogP contribution in [0.1, 0.15) is 18.3 Å². The molecular formula is C20H20N4O4S. The Morgan fingerprint density at radius 1 is 1.07 bits per heavy atom. The number of carbonyl (C=O) groups is 1. The molecule has 0 spiro atoms. The minimum Gasteiger partial charge on any atom is -0.439 e. The van der Waals surface area contributed by atoms with E-state index in [1.807, 2.05) is 6.92 Å². The summed E-state index contributed by atoms with van der Waals surface area (Å²) in [7, 11) is -3.30. The highest BCUT2D eigenvalue weighted by molar-refractivity contribution is 7.90. The van der Waals surface area contributed by atoms with E-state index in [1.165, 1.54) is 18.3 Å². The lowest BCUT2D eigenvalue weighted by molar-refractivity contribution is -0.115. The van der Waals surface area contributed by atoms with E-state index in [1.54, 1.807) is 36.5 Å². The highest BCUT2D eigenvalue weighted by Gasteiger charge is 2.09. The number of benzene rings is 1. The van der Waals surface area contributed by atoms with E-state index in [0.717, 1.165) is 11.8 Å². The molecule has 29 heavy (non-hydrogen) atoms. The van der Waals surface area contributed by atoms with Crippen molar-refractivity contribution >= 4 is 21.6 Å². The predicted molar refractivity (Wildman–Crippen MR) is 108 cm³/mol. The van der Waals surface area contributed by atoms with Crippen LogP contribution in [0.4, 0.5) is 5.82 Å². The summed E-state index contributed by atoms with van der Waals surface area (Å²) in [4.78, 5) is 24.7. The molecule has 0 saturated heterocycles. The molecule has 9 heteroatoms. The summed E-state index contributed by atoms with van der Waals surface area (Å²) >= 11 is 0. The zero-order chi connectivity index (χ0) is 20.9. The Hall–Kier alpha value is -3.33. The molecule has 2 heterocycles. The molecule has 0 bridgehead atoms. The van der Waals surface area contributed by atoms with Crippen molar-refractivity contribution in [2.24, 2.45) is 0 Å². The first-order valence-electron chi connectivity index (χ1n) is 8.88. The summed E-state index contributed by atoms with van der Waals surface area (Å²) in [5.41, 5.74) is 0.806. The Labute approximate surface area is 168 Å². The predicted octanol–water partition coefficient (Wildman–Crippen LogP) is 2.81. The first kappa shape index (κ1) is 20.4. The Kier molecular flexibility index (Phi) is 6.18. The Balaban J connectivity index is 1.59. The number of hydrogen-bond acceptors (Lipinski definition) is 7. The van der Waals surface area contributed by atoms with E-state index < -0.39 is 9.84 Å². The number of anilines is 1. The van der Waals surface area contributed by atoms with Crippen LogP contribution in [0.5, 0.6) is 11.6 Å². The van der Waals surface area contributed by atoms with E-state index >= 15 is 0 Å². The van der Waals surface area contributed by atoms with Crippen LogP contribution in [0.15, 0.2) is 59.8 Å². The summed E-state index contributed by atoms with van der Waals surface area (Å²) in [5.74, 6) is 1.76. The number of ether oxygens (including phenoxy) is 1. The Morgan fingerprint density at radius 2 is 1.83 bits per heavy atom. The molecule has 1 aromatic carbocycles. The van der Waals surface area contributed by atoms with Crippen molar-refractivity contribution in [3.63, 3.8) is 0 Å². The summed E-state index contributed by atoms with van der Waals surface area (Å²) in [5, 5.41) is 2.76. The van der Waals surface area contributed by atoms with Gasteiger partial charge in [0, 0.05) is 31.1 Å². The number of aromatic nitrogens is 3. The molecule has 3 aromatic rings. The second-order valence-corrected chi connectivity index (χ2v) is 8.30. The molecule has 0 atom stereocenters. The number of rotatable bonds is 7. The van der Waals surface area contributed by atoms with Gasteiger partial charge in [-0.25, -0.2) is 23.4 Å². The molecule has 3 rings (SSSR count). The van der Waals surface area contributed by atoms with E-state index in [4.69, 9.17) is 4.74 Å². The highest BCUT2D eigenvalue weighted by atomic mass is 32.2. The van der Waals surface area contributed by atoms with Crippen LogP contribution in [0, 0.1) is 0 Å². The van der Waals surface area contributed by atoms with Crippen molar-refractivity contribution in [2.75, 3.05) is 11.6 Å². The molecule has 150 valence electrons. The second-order valence-electron chi connectivity index (χ2n) is 6.29. The third-order valence-electron chi connectivity index (χ3n) is 3.94. The lowest BCUT2D eigenvalue weighted by atomic mass is 10.1. The number of nitrogens with one attached hydrogen (secondary N) is 1. The fourth-order valence-corrected chi connectivity index (χ4v) is 3.01. The topological polar surface area (TPSA) is 111 Å². The van der Waals surface area contributed by atoms with Crippen molar-refractivity contribution in [3.05, 3.63) is 66.2 Å². The second kappa shape index (κ2) is 8.78. The maximum absolute atomic E-state index is 12.2. The maximum atomic E-state index is 12.2. The van der Waals surface area contributed by atoms with E-state index in [2.05, 4.69) is 20.3 Å². The van der Waals surface area contributed by atoms with Gasteiger partial charge in [0.05, 0.1) is 11.3 Å². The van der Waals surface area contributed by atoms with Gasteiger partial charge >= 0.3 is 0 Å². The molecule has 0 aliphatic heterocycles. The largest absolute Gasteiger partial charge is 0.439 e. The molecule has 0 aliphatic carbocycles. The third kappa shape index (κ3) is 5.82. The van der Waals surface area contributed by atoms with Crippen molar-refractivity contribution in [1.82, 2.24) is 15.0 Å². The van der Waals surface area contributed by atoms with Crippen LogP contribution >= 0.6 is 0 Å². The van der Waals surface area contributed by atoms with Gasteiger partial charge in [-0.3, -0.25) is 4.79 Å². The SMILES string of the molecule is CCc1nccc(NC(=O)Cc2ccc(Oc3ccc(S(C)(=O)=O)cn3)cc2)n1. The molecule has 2 aromatic heterocycles. The number of aryl methyl sites for hydroxylation is 1. The van der Waals surface area contributed by atoms with Gasteiger partial charge in [0.25, 0.3) is 0 Å². The van der Waals surface area contributed by atoms with Gasteiger partial charge < -0.3 is 10.1 Å². The Bertz CT molecular complexity index is 1100. The van der Waals surface area contributed by atoms with Crippen molar-refractivity contribution in [3.8, 4) is 11.6 Å². The number of carbonyl (C=O) groups excluding carboxylic acids is 1. The minimum atomic E-state index is -3.30. The fourth-order valence-electron chi connectivity index (χ4n) is 2.45. The normalized spacial score (nSPS) is 11.1. The molecule has 8 nitrogen and oxygen atoms in total. The molecule has 0 fully saturated rings. The standard InChI is InChI=1S/C20H20N4O4S/c1-3-17-21-11-10-18(23-17)24-19(25)12-14-4-6-15(7-5-14)28-20-9-8-16(13-22-20)29(2,26)27/h4-11,13H,3,12H2,1-2H3,(H,21,23,24,25). The highest BCUT2D eigenvalue weighted by Crippen LogP contribution is 2.21. The molecule has 0 aliphatic rings. The smallest absolute Gasteiger partial charge is 0.229 e. The van der Waals surface area contributed by atoms with E-state index in [-0.39, 0.29) is 23.1 Å². The first-order chi connectivity index (χ1) is 13.8. The molecule has 1 amide bonds. The van der Waals surface area contributed by atoms with Crippen molar-refractivity contribution < 1.29 is 17.9 Å². The number of nitrogens with zero attached hydrogens (tertiary/aromatic N) is 3. The van der Waals surface area contributed by atoms with Crippen LogP contribution in [0.25, 0.3) is 0 Å². The van der Waals surface area contributed by atoms with Gasteiger partial charge in [0.2, 0.25) is 11.8 Å². The van der Waals surface area contributed by atoms with Crippen LogP contribution in [0.2, 0.25) is 0 Å². The number of sulfone groups is 1. The van der Waals surface area contributed by atoms with Gasteiger partial charge in [0.15, 0.2) is 9.84 Å². The summed E-state index contributed by atoms with van der Waals surface area (Å²) in [6.45, 7) is 1.94. The van der Waals surface area contributed by atoms with Gasteiger partial charge in [-0.2, -0.15) is 0 Å². The molecule has 0 saturated carbocycles. The average Bonchev–Trinajstić information content (AvgIpc) is 2.69. The summed E-state index contributed by atoms with van der Waals surface area (Å²) in [6.07, 6.45) is 4.86. The molecule has 0 radical (unpaired) electrons. The number of amides is 1. The Morgan fingerprint density at radius 3 is 2.45 bits per heavy atom. The van der Waals surface area contributed by atoms with Crippen molar-refractivity contribution in [2.45, 2.75) is 24.7 Å². The maximum Gasteiger partial charge on any atom is 0.229 e. The van der Waals surface area contributed by atoms with Gasteiger partial charge in [0.1, 0.15) is 17.4 Å². The average molecular weight is 412 g/mol. The molecular weight excluding hydrogens is 392 g/mol. The quantitative estimate of drug-likeness (QED) is 0.635. The zero-order valence-corrected chi connectivity index (χ0v) is 16.8. The molecule has 1 N–H and O–H groups in total. The first-order valence-corrected chi connectivity index (χ1v) is 10.8. The van der Waals surface area contributed by atoms with Gasteiger partial charge in [-0.1, -0.05) is 19.1 Å². The minimum absolute atomic E-state index is 0.126. The number of pyridine rings is 1. The van der Waals surface area contributed by atoms with Gasteiger partial charge in [-0.15, -0.1) is 0 Å². The lowest BCUT2D eigenvalue weighted by Gasteiger charge is -2.08. The van der Waals surface area contributed by atoms with Gasteiger partial charge in [-0.05, 0) is 29.8 Å². The van der Waals surface area contributed by atoms with E-state index in [0.29, 0.717) is 23.8 Å². The fraction of sp³-hybridized carbons (Fsp3) is 0.200. The van der Waals surface area contributed by atoms with E-state index in [9.17, 15) is 13.2 Å². The summed E-state index contributed by atoms with van der Waals surface area (Å²) in [6, 6.07) is 11.6. The third-order valence-corrected chi connectivity index (χ3v) is 5.03. The van der Waals surface area contributed by atoms with Crippen LogP contribution in [-0.4, -0.2) is 35.5 Å². The van der Waals surface area contributed by atoms with Crippen LogP contribution in [0.3, 0.4) is 0 Å². The van der Waals surface area contributed by atoms with Crippen LogP contribution in [-0.2, 0) is 27.5 Å². The summed E-state index contributed by atoms with van der Waals surface area (Å²) < 4.78 is 28.5. The van der Waals surface area contributed by atoms with Crippen LogP contribution < -0.4 is 10.1 Å². The van der Waals surface area contributed by atoms with Crippen molar-refractivity contribution in [1.29, 1.82) is 0 Å². The number of hydrogen-bond donors (Lipinski definition) is 1. The molecule has 0 unspecified atom stereocenters. The monoisotopic (exact) mass is 412 g/mol. The zero-order valence-electron chi connectivity index (χ0n) is 16.0. The lowest BCUT2D eigenvalue weighted by Crippen LogP contribution is -2.15.